The molecule has 198 valence electrons. The molecule has 0 spiro atoms. The van der Waals surface area contributed by atoms with Gasteiger partial charge in [-0.2, -0.15) is 0 Å². The van der Waals surface area contributed by atoms with Gasteiger partial charge in [-0.15, -0.1) is 0 Å². The molecule has 0 fully saturated rings. The molecular formula is C32H29NO6. The minimum Gasteiger partial charge on any atom is -0.478 e. The second-order valence-electron chi connectivity index (χ2n) is 10.7. The molecule has 0 radical (unpaired) electrons. The fraction of sp³-hybridized carbons (Fsp3) is 0.250. The highest BCUT2D eigenvalue weighted by Gasteiger charge is 2.25. The number of hydrogen-bond donors (Lipinski definition) is 3. The normalized spacial score (nSPS) is 11.8. The average Bonchev–Trinajstić information content (AvgIpc) is 2.88. The molecule has 0 aliphatic heterocycles. The molecule has 5 rings (SSSR count). The summed E-state index contributed by atoms with van der Waals surface area (Å²) in [7, 11) is 0. The zero-order valence-corrected chi connectivity index (χ0v) is 22.2. The maximum atomic E-state index is 13.3. The standard InChI is InChI=1S/C32H29NO6/c1-15(2)5-14-25(34)21-10-6-17-20-9-13-24(32(38)39)29-22(30(35)33-16(3)4)11-7-18(27(20)29)19-8-12-23(31(36)37)28(21)26(17)19/h6-13,15-16H,5,14H2,1-4H3,(H,33,35)(H,36,37)(H,38,39). The summed E-state index contributed by atoms with van der Waals surface area (Å²) >= 11 is 0. The zero-order valence-electron chi connectivity index (χ0n) is 22.2. The van der Waals surface area contributed by atoms with Gasteiger partial charge in [-0.3, -0.25) is 9.59 Å². The van der Waals surface area contributed by atoms with Gasteiger partial charge in [0.15, 0.2) is 5.78 Å². The van der Waals surface area contributed by atoms with E-state index in [1.165, 1.54) is 12.1 Å². The van der Waals surface area contributed by atoms with Crippen LogP contribution in [0.4, 0.5) is 0 Å². The number of aromatic carboxylic acids is 2. The van der Waals surface area contributed by atoms with Crippen molar-refractivity contribution >= 4 is 66.7 Å². The number of amides is 1. The molecule has 0 unspecified atom stereocenters. The quantitative estimate of drug-likeness (QED) is 0.116. The van der Waals surface area contributed by atoms with E-state index in [4.69, 9.17) is 0 Å². The lowest BCUT2D eigenvalue weighted by Crippen LogP contribution is -2.30. The van der Waals surface area contributed by atoms with E-state index in [2.05, 4.69) is 5.32 Å². The van der Waals surface area contributed by atoms with E-state index in [9.17, 15) is 29.4 Å². The summed E-state index contributed by atoms with van der Waals surface area (Å²) in [6.45, 7) is 7.73. The topological polar surface area (TPSA) is 121 Å². The largest absolute Gasteiger partial charge is 0.478 e. The van der Waals surface area contributed by atoms with Crippen molar-refractivity contribution in [2.24, 2.45) is 5.92 Å². The van der Waals surface area contributed by atoms with Gasteiger partial charge in [0.25, 0.3) is 5.91 Å². The second-order valence-corrected chi connectivity index (χ2v) is 10.7. The summed E-state index contributed by atoms with van der Waals surface area (Å²) in [4.78, 5) is 51.1. The van der Waals surface area contributed by atoms with Crippen LogP contribution in [-0.2, 0) is 0 Å². The number of carboxylic acids is 2. The summed E-state index contributed by atoms with van der Waals surface area (Å²) in [6, 6.07) is 13.1. The lowest BCUT2D eigenvalue weighted by molar-refractivity contribution is 0.0688. The molecule has 3 N–H and O–H groups in total. The molecular weight excluding hydrogens is 494 g/mol. The molecule has 0 atom stereocenters. The predicted octanol–water partition coefficient (Wildman–Crippen LogP) is 6.89. The molecule has 5 aromatic rings. The molecule has 7 nitrogen and oxygen atoms in total. The molecule has 0 bridgehead atoms. The molecule has 0 aromatic heterocycles. The van der Waals surface area contributed by atoms with Crippen molar-refractivity contribution in [2.75, 3.05) is 0 Å². The van der Waals surface area contributed by atoms with Gasteiger partial charge in [0, 0.05) is 34.4 Å². The van der Waals surface area contributed by atoms with Gasteiger partial charge in [0.05, 0.1) is 11.1 Å². The number of benzene rings is 5. The van der Waals surface area contributed by atoms with Crippen LogP contribution in [0.15, 0.2) is 48.5 Å². The first-order valence-electron chi connectivity index (χ1n) is 13.0. The molecule has 5 aromatic carbocycles. The Hall–Kier alpha value is -4.52. The number of rotatable bonds is 8. The molecule has 0 aliphatic rings. The van der Waals surface area contributed by atoms with Crippen LogP contribution < -0.4 is 5.32 Å². The van der Waals surface area contributed by atoms with E-state index in [0.717, 1.165) is 0 Å². The van der Waals surface area contributed by atoms with Gasteiger partial charge in [0.1, 0.15) is 0 Å². The first-order chi connectivity index (χ1) is 18.5. The van der Waals surface area contributed by atoms with Crippen molar-refractivity contribution in [1.29, 1.82) is 0 Å². The van der Waals surface area contributed by atoms with Crippen LogP contribution in [0.3, 0.4) is 0 Å². The molecule has 0 heterocycles. The van der Waals surface area contributed by atoms with Crippen LogP contribution in [0.1, 0.15) is 82.0 Å². The highest BCUT2D eigenvalue weighted by Crippen LogP contribution is 2.44. The van der Waals surface area contributed by atoms with E-state index in [0.29, 0.717) is 67.4 Å². The summed E-state index contributed by atoms with van der Waals surface area (Å²) in [5.41, 5.74) is 0.664. The molecule has 39 heavy (non-hydrogen) atoms. The molecule has 1 amide bonds. The van der Waals surface area contributed by atoms with E-state index < -0.39 is 11.9 Å². The number of carbonyl (C=O) groups is 4. The second kappa shape index (κ2) is 9.66. The van der Waals surface area contributed by atoms with E-state index in [-0.39, 0.29) is 34.4 Å². The zero-order chi connectivity index (χ0) is 28.2. The van der Waals surface area contributed by atoms with Crippen molar-refractivity contribution in [2.45, 2.75) is 46.6 Å². The summed E-state index contributed by atoms with van der Waals surface area (Å²) in [5.74, 6) is -2.45. The first kappa shape index (κ1) is 26.1. The Morgan fingerprint density at radius 2 is 1.03 bits per heavy atom. The Kier molecular flexibility index (Phi) is 6.46. The number of fused-ring (bicyclic) bond motifs is 2. The van der Waals surface area contributed by atoms with Crippen LogP contribution in [-0.4, -0.2) is 39.9 Å². The number of ketones is 1. The minimum atomic E-state index is -1.15. The van der Waals surface area contributed by atoms with E-state index in [1.807, 2.05) is 27.7 Å². The van der Waals surface area contributed by atoms with Crippen molar-refractivity contribution in [3.05, 3.63) is 70.8 Å². The Morgan fingerprint density at radius 3 is 1.44 bits per heavy atom. The third-order valence-electron chi connectivity index (χ3n) is 7.28. The van der Waals surface area contributed by atoms with Gasteiger partial charge < -0.3 is 15.5 Å². The third-order valence-corrected chi connectivity index (χ3v) is 7.28. The summed E-state index contributed by atoms with van der Waals surface area (Å²) in [5, 5.41) is 27.7. The summed E-state index contributed by atoms with van der Waals surface area (Å²) in [6.07, 6.45) is 0.989. The van der Waals surface area contributed by atoms with Crippen LogP contribution in [0.2, 0.25) is 0 Å². The SMILES string of the molecule is CC(C)CCC(=O)c1ccc2c3ccc(C(=O)O)c4c(C(=O)NC(C)C)ccc(c5ccc(C(=O)O)c1c25)c43. The lowest BCUT2D eigenvalue weighted by Gasteiger charge is -2.20. The molecule has 0 aliphatic carbocycles. The minimum absolute atomic E-state index is 0.00633. The molecule has 0 saturated heterocycles. The average molecular weight is 524 g/mol. The number of nitrogens with one attached hydrogen (secondary N) is 1. The third kappa shape index (κ3) is 4.24. The molecule has 7 heteroatoms. The predicted molar refractivity (Wildman–Crippen MR) is 153 cm³/mol. The van der Waals surface area contributed by atoms with Crippen molar-refractivity contribution in [1.82, 2.24) is 5.32 Å². The molecule has 0 saturated carbocycles. The van der Waals surface area contributed by atoms with Crippen LogP contribution >= 0.6 is 0 Å². The highest BCUT2D eigenvalue weighted by atomic mass is 16.4. The number of carbonyl (C=O) groups excluding carboxylic acids is 2. The van der Waals surface area contributed by atoms with Gasteiger partial charge in [-0.1, -0.05) is 44.2 Å². The van der Waals surface area contributed by atoms with Crippen LogP contribution in [0.25, 0.3) is 43.1 Å². The fourth-order valence-electron chi connectivity index (χ4n) is 5.56. The van der Waals surface area contributed by atoms with Crippen LogP contribution in [0, 0.1) is 5.92 Å². The number of Topliss-reactive ketones (excluding diaryl/α,β-unsaturated/α-hetero) is 1. The highest BCUT2D eigenvalue weighted by molar-refractivity contribution is 6.38. The number of hydrogen-bond acceptors (Lipinski definition) is 4. The van der Waals surface area contributed by atoms with Gasteiger partial charge in [-0.25, -0.2) is 9.59 Å². The van der Waals surface area contributed by atoms with Gasteiger partial charge in [0.2, 0.25) is 0 Å². The van der Waals surface area contributed by atoms with Crippen molar-refractivity contribution < 1.29 is 29.4 Å². The number of carboxylic acid groups (broad SMARTS) is 2. The van der Waals surface area contributed by atoms with Gasteiger partial charge in [-0.05, 0) is 76.7 Å². The van der Waals surface area contributed by atoms with Crippen molar-refractivity contribution in [3.63, 3.8) is 0 Å². The Bertz CT molecular complexity index is 1810. The maximum Gasteiger partial charge on any atom is 0.336 e. The smallest absolute Gasteiger partial charge is 0.336 e. The maximum absolute atomic E-state index is 13.3. The van der Waals surface area contributed by atoms with Gasteiger partial charge >= 0.3 is 11.9 Å². The first-order valence-corrected chi connectivity index (χ1v) is 13.0. The Labute approximate surface area is 224 Å². The van der Waals surface area contributed by atoms with E-state index >= 15 is 0 Å². The monoisotopic (exact) mass is 523 g/mol. The lowest BCUT2D eigenvalue weighted by atomic mass is 9.83. The Balaban J connectivity index is 1.96. The van der Waals surface area contributed by atoms with Crippen LogP contribution in [0.5, 0.6) is 0 Å². The van der Waals surface area contributed by atoms with Crippen molar-refractivity contribution in [3.8, 4) is 0 Å². The Morgan fingerprint density at radius 1 is 0.615 bits per heavy atom. The van der Waals surface area contributed by atoms with E-state index in [1.54, 1.807) is 36.4 Å². The fourth-order valence-corrected chi connectivity index (χ4v) is 5.56. The summed E-state index contributed by atoms with van der Waals surface area (Å²) < 4.78 is 0.